The lowest BCUT2D eigenvalue weighted by Gasteiger charge is -2.19. The number of rotatable bonds is 19. The Morgan fingerprint density at radius 2 is 1.03 bits per heavy atom. The molecule has 0 aliphatic heterocycles. The van der Waals surface area contributed by atoms with Crippen LogP contribution in [0, 0.1) is 0 Å². The molecule has 0 bridgehead atoms. The van der Waals surface area contributed by atoms with Gasteiger partial charge in [0.2, 0.25) is 0 Å². The number of nitrogens with zero attached hydrogens (tertiary/aromatic N) is 1. The molecule has 30 heavy (non-hydrogen) atoms. The second-order valence-corrected chi connectivity index (χ2v) is 10.1. The first-order valence-electron chi connectivity index (χ1n) is 12.2. The molecule has 1 rings (SSSR count). The average Bonchev–Trinajstić information content (AvgIpc) is 2.72. The van der Waals surface area contributed by atoms with Crippen LogP contribution < -0.4 is 4.90 Å². The monoisotopic (exact) mass is 439 g/mol. The van der Waals surface area contributed by atoms with Crippen LogP contribution in [-0.4, -0.2) is 26.6 Å². The first-order chi connectivity index (χ1) is 14.4. The number of hydrogen-bond acceptors (Lipinski definition) is 3. The molecule has 0 heterocycles. The molecule has 1 N–H and O–H groups in total. The summed E-state index contributed by atoms with van der Waals surface area (Å²) in [6, 6.07) is 6.40. The maximum atomic E-state index is 11.1. The Morgan fingerprint density at radius 3 is 1.40 bits per heavy atom. The van der Waals surface area contributed by atoms with Gasteiger partial charge in [-0.05, 0) is 30.7 Å². The summed E-state index contributed by atoms with van der Waals surface area (Å²) in [5.74, 6) is 0. The lowest BCUT2D eigenvalue weighted by Crippen LogP contribution is -2.18. The van der Waals surface area contributed by atoms with Crippen LogP contribution in [0.3, 0.4) is 0 Å². The molecule has 0 amide bonds. The Morgan fingerprint density at radius 1 is 0.667 bits per heavy atom. The molecular weight excluding hydrogens is 394 g/mol. The zero-order valence-electron chi connectivity index (χ0n) is 19.4. The fourth-order valence-electron chi connectivity index (χ4n) is 3.90. The largest absolute Gasteiger partial charge is 0.375 e. The van der Waals surface area contributed by atoms with E-state index in [0.717, 1.165) is 18.7 Å². The van der Waals surface area contributed by atoms with Gasteiger partial charge in [-0.1, -0.05) is 103 Å². The van der Waals surface area contributed by atoms with E-state index in [1.165, 1.54) is 108 Å². The van der Waals surface area contributed by atoms with Gasteiger partial charge in [-0.2, -0.15) is 8.42 Å². The second-order valence-electron chi connectivity index (χ2n) is 8.69. The number of unbranched alkanes of at least 4 members (excludes halogenated alkanes) is 15. The molecular formula is C25H45NO3S. The summed E-state index contributed by atoms with van der Waals surface area (Å²) in [4.78, 5) is 2.08. The quantitative estimate of drug-likeness (QED) is 0.178. The molecule has 0 saturated carbocycles. The molecule has 1 aromatic carbocycles. The molecule has 0 saturated heterocycles. The standard InChI is InChI=1S/C25H45NO3S/c1-3-4-5-6-7-8-9-10-11-12-13-14-15-16-17-18-23-26(2)24-19-21-25(22-20-24)30(27,28)29/h19-22H,3-18,23H2,1-2H3,(H,27,28,29). The number of benzene rings is 1. The summed E-state index contributed by atoms with van der Waals surface area (Å²) >= 11 is 0. The minimum Gasteiger partial charge on any atom is -0.375 e. The van der Waals surface area contributed by atoms with E-state index in [2.05, 4.69) is 11.8 Å². The van der Waals surface area contributed by atoms with Gasteiger partial charge >= 0.3 is 0 Å². The number of hydrogen-bond donors (Lipinski definition) is 1. The van der Waals surface area contributed by atoms with Crippen LogP contribution in [-0.2, 0) is 10.1 Å². The van der Waals surface area contributed by atoms with E-state index >= 15 is 0 Å². The van der Waals surface area contributed by atoms with Crippen molar-refractivity contribution in [3.63, 3.8) is 0 Å². The molecule has 0 atom stereocenters. The number of anilines is 1. The summed E-state index contributed by atoms with van der Waals surface area (Å²) in [6.07, 6.45) is 21.9. The molecule has 0 aliphatic rings. The minimum absolute atomic E-state index is 0.0536. The SMILES string of the molecule is CCCCCCCCCCCCCCCCCCN(C)c1ccc(S(=O)(=O)O)cc1. The molecule has 174 valence electrons. The van der Waals surface area contributed by atoms with Crippen LogP contribution in [0.1, 0.15) is 110 Å². The Balaban J connectivity index is 1.91. The van der Waals surface area contributed by atoms with E-state index in [1.54, 1.807) is 12.1 Å². The molecule has 5 heteroatoms. The van der Waals surface area contributed by atoms with Gasteiger partial charge in [-0.3, -0.25) is 4.55 Å². The van der Waals surface area contributed by atoms with Crippen molar-refractivity contribution in [2.45, 2.75) is 115 Å². The lowest BCUT2D eigenvalue weighted by atomic mass is 10.0. The van der Waals surface area contributed by atoms with Crippen molar-refractivity contribution in [2.75, 3.05) is 18.5 Å². The van der Waals surface area contributed by atoms with E-state index in [4.69, 9.17) is 4.55 Å². The highest BCUT2D eigenvalue weighted by Crippen LogP contribution is 2.18. The zero-order valence-corrected chi connectivity index (χ0v) is 20.3. The van der Waals surface area contributed by atoms with Crippen molar-refractivity contribution < 1.29 is 13.0 Å². The molecule has 0 radical (unpaired) electrons. The average molecular weight is 440 g/mol. The Labute approximate surface area is 186 Å². The normalized spacial score (nSPS) is 11.7. The highest BCUT2D eigenvalue weighted by atomic mass is 32.2. The van der Waals surface area contributed by atoms with Crippen LogP contribution in [0.15, 0.2) is 29.2 Å². The third-order valence-corrected chi connectivity index (χ3v) is 6.79. The Kier molecular flexibility index (Phi) is 14.9. The molecule has 0 aliphatic carbocycles. The Hall–Kier alpha value is -1.07. The van der Waals surface area contributed by atoms with Gasteiger partial charge in [0.15, 0.2) is 0 Å². The van der Waals surface area contributed by atoms with E-state index < -0.39 is 10.1 Å². The van der Waals surface area contributed by atoms with Gasteiger partial charge in [0, 0.05) is 19.3 Å². The third kappa shape index (κ3) is 13.3. The van der Waals surface area contributed by atoms with Gasteiger partial charge in [-0.25, -0.2) is 0 Å². The molecule has 0 unspecified atom stereocenters. The van der Waals surface area contributed by atoms with E-state index in [-0.39, 0.29) is 4.90 Å². The summed E-state index contributed by atoms with van der Waals surface area (Å²) in [5.41, 5.74) is 0.975. The predicted octanol–water partition coefficient (Wildman–Crippen LogP) is 7.63. The molecule has 0 fully saturated rings. The van der Waals surface area contributed by atoms with E-state index in [0.29, 0.717) is 0 Å². The fraction of sp³-hybridized carbons (Fsp3) is 0.760. The predicted molar refractivity (Wildman–Crippen MR) is 129 cm³/mol. The highest BCUT2D eigenvalue weighted by molar-refractivity contribution is 7.85. The van der Waals surface area contributed by atoms with Gasteiger partial charge in [-0.15, -0.1) is 0 Å². The minimum atomic E-state index is -4.11. The van der Waals surface area contributed by atoms with Gasteiger partial charge < -0.3 is 4.90 Å². The van der Waals surface area contributed by atoms with Crippen molar-refractivity contribution in [1.82, 2.24) is 0 Å². The van der Waals surface area contributed by atoms with E-state index in [1.807, 2.05) is 7.05 Å². The first-order valence-corrected chi connectivity index (χ1v) is 13.7. The summed E-state index contributed by atoms with van der Waals surface area (Å²) in [5, 5.41) is 0. The van der Waals surface area contributed by atoms with E-state index in [9.17, 15) is 8.42 Å². The highest BCUT2D eigenvalue weighted by Gasteiger charge is 2.09. The van der Waals surface area contributed by atoms with Crippen LogP contribution in [0.4, 0.5) is 5.69 Å². The van der Waals surface area contributed by atoms with Crippen molar-refractivity contribution in [3.05, 3.63) is 24.3 Å². The van der Waals surface area contributed by atoms with Crippen molar-refractivity contribution in [1.29, 1.82) is 0 Å². The maximum Gasteiger partial charge on any atom is 0.294 e. The van der Waals surface area contributed by atoms with Crippen molar-refractivity contribution in [3.8, 4) is 0 Å². The fourth-order valence-corrected chi connectivity index (χ4v) is 4.38. The molecule has 4 nitrogen and oxygen atoms in total. The van der Waals surface area contributed by atoms with Crippen LogP contribution in [0.5, 0.6) is 0 Å². The summed E-state index contributed by atoms with van der Waals surface area (Å²) in [7, 11) is -2.09. The third-order valence-electron chi connectivity index (χ3n) is 5.92. The zero-order chi connectivity index (χ0) is 22.1. The Bertz CT molecular complexity index is 628. The summed E-state index contributed by atoms with van der Waals surface area (Å²) in [6.45, 7) is 3.24. The van der Waals surface area contributed by atoms with Crippen LogP contribution in [0.2, 0.25) is 0 Å². The van der Waals surface area contributed by atoms with Gasteiger partial charge in [0.05, 0.1) is 4.90 Å². The van der Waals surface area contributed by atoms with Crippen molar-refractivity contribution >= 4 is 15.8 Å². The molecule has 0 aromatic heterocycles. The van der Waals surface area contributed by atoms with Crippen molar-refractivity contribution in [2.24, 2.45) is 0 Å². The van der Waals surface area contributed by atoms with Gasteiger partial charge in [0.25, 0.3) is 10.1 Å². The first kappa shape index (κ1) is 27.0. The molecule has 0 spiro atoms. The van der Waals surface area contributed by atoms with Gasteiger partial charge in [0.1, 0.15) is 0 Å². The topological polar surface area (TPSA) is 57.6 Å². The maximum absolute atomic E-state index is 11.1. The van der Waals surface area contributed by atoms with Crippen LogP contribution in [0.25, 0.3) is 0 Å². The second kappa shape index (κ2) is 16.6. The molecule has 1 aromatic rings. The van der Waals surface area contributed by atoms with Crippen LogP contribution >= 0.6 is 0 Å². The smallest absolute Gasteiger partial charge is 0.294 e. The summed E-state index contributed by atoms with van der Waals surface area (Å²) < 4.78 is 31.2. The lowest BCUT2D eigenvalue weighted by molar-refractivity contribution is 0.483.